The molecule has 2 heteroatoms. The van der Waals surface area contributed by atoms with Crippen LogP contribution < -0.4 is 9.64 Å². The summed E-state index contributed by atoms with van der Waals surface area (Å²) in [7, 11) is 3.88. The predicted octanol–water partition coefficient (Wildman–Crippen LogP) is 3.49. The summed E-state index contributed by atoms with van der Waals surface area (Å²) in [5, 5.41) is 0. The number of nitrogens with zero attached hydrogens (tertiary/aromatic N) is 1. The molecule has 2 nitrogen and oxygen atoms in total. The Morgan fingerprint density at radius 1 is 1.25 bits per heavy atom. The van der Waals surface area contributed by atoms with E-state index in [9.17, 15) is 0 Å². The second kappa shape index (κ2) is 6.41. The number of hydrogen-bond acceptors (Lipinski definition) is 2. The van der Waals surface area contributed by atoms with E-state index in [0.29, 0.717) is 0 Å². The summed E-state index contributed by atoms with van der Waals surface area (Å²) in [6, 6.07) is 6.47. The lowest BCUT2D eigenvalue weighted by molar-refractivity contribution is 0.410. The summed E-state index contributed by atoms with van der Waals surface area (Å²) >= 11 is 0. The molecule has 16 heavy (non-hydrogen) atoms. The van der Waals surface area contributed by atoms with Crippen LogP contribution in [-0.2, 0) is 6.42 Å². The average Bonchev–Trinajstić information content (AvgIpc) is 2.34. The fourth-order valence-electron chi connectivity index (χ4n) is 1.79. The quantitative estimate of drug-likeness (QED) is 0.729. The Bertz CT molecular complexity index is 323. The zero-order valence-electron chi connectivity index (χ0n) is 10.9. The molecule has 1 aromatic rings. The molecule has 0 fully saturated rings. The lowest BCUT2D eigenvalue weighted by atomic mass is 10.1. The first kappa shape index (κ1) is 12.9. The monoisotopic (exact) mass is 221 g/mol. The number of rotatable bonds is 6. The Balaban J connectivity index is 2.81. The summed E-state index contributed by atoms with van der Waals surface area (Å²) in [4.78, 5) is 2.28. The second-order valence-corrected chi connectivity index (χ2v) is 4.12. The number of benzene rings is 1. The Hall–Kier alpha value is -1.18. The van der Waals surface area contributed by atoms with E-state index in [1.807, 2.05) is 0 Å². The summed E-state index contributed by atoms with van der Waals surface area (Å²) in [6.45, 7) is 5.47. The third-order valence-electron chi connectivity index (χ3n) is 2.94. The first-order chi connectivity index (χ1) is 7.72. The van der Waals surface area contributed by atoms with Gasteiger partial charge in [0.1, 0.15) is 5.75 Å². The van der Waals surface area contributed by atoms with Crippen LogP contribution in [0.3, 0.4) is 0 Å². The van der Waals surface area contributed by atoms with Gasteiger partial charge < -0.3 is 9.64 Å². The molecule has 0 heterocycles. The van der Waals surface area contributed by atoms with E-state index in [1.165, 1.54) is 24.1 Å². The molecule has 1 rings (SSSR count). The molecule has 0 aliphatic heterocycles. The topological polar surface area (TPSA) is 12.5 Å². The molecule has 0 bridgehead atoms. The SMILES string of the molecule is CCCCN(C)c1ccc(CC)c(OC)c1. The lowest BCUT2D eigenvalue weighted by Gasteiger charge is -2.20. The smallest absolute Gasteiger partial charge is 0.124 e. The standard InChI is InChI=1S/C14H23NO/c1-5-7-10-15(3)13-9-8-12(6-2)14(11-13)16-4/h8-9,11H,5-7,10H2,1-4H3. The number of aryl methyl sites for hydroxylation is 1. The van der Waals surface area contributed by atoms with Crippen molar-refractivity contribution in [3.63, 3.8) is 0 Å². The largest absolute Gasteiger partial charge is 0.496 e. The molecular weight excluding hydrogens is 198 g/mol. The predicted molar refractivity (Wildman–Crippen MR) is 70.6 cm³/mol. The molecule has 0 atom stereocenters. The van der Waals surface area contributed by atoms with Gasteiger partial charge in [0, 0.05) is 25.3 Å². The van der Waals surface area contributed by atoms with Gasteiger partial charge in [-0.25, -0.2) is 0 Å². The van der Waals surface area contributed by atoms with Crippen LogP contribution in [0.25, 0.3) is 0 Å². The van der Waals surface area contributed by atoms with Gasteiger partial charge in [-0.2, -0.15) is 0 Å². The van der Waals surface area contributed by atoms with Gasteiger partial charge in [-0.1, -0.05) is 26.3 Å². The normalized spacial score (nSPS) is 10.2. The van der Waals surface area contributed by atoms with E-state index < -0.39 is 0 Å². The Morgan fingerprint density at radius 3 is 2.56 bits per heavy atom. The van der Waals surface area contributed by atoms with Gasteiger partial charge in [0.2, 0.25) is 0 Å². The third kappa shape index (κ3) is 3.16. The molecule has 0 unspecified atom stereocenters. The molecule has 0 N–H and O–H groups in total. The summed E-state index contributed by atoms with van der Waals surface area (Å²) < 4.78 is 5.40. The minimum Gasteiger partial charge on any atom is -0.496 e. The second-order valence-electron chi connectivity index (χ2n) is 4.12. The highest BCUT2D eigenvalue weighted by Gasteiger charge is 2.05. The van der Waals surface area contributed by atoms with Crippen LogP contribution in [0.2, 0.25) is 0 Å². The van der Waals surface area contributed by atoms with Gasteiger partial charge in [-0.05, 0) is 24.5 Å². The van der Waals surface area contributed by atoms with Gasteiger partial charge in [0.15, 0.2) is 0 Å². The van der Waals surface area contributed by atoms with Crippen molar-refractivity contribution in [2.75, 3.05) is 25.6 Å². The number of unbranched alkanes of at least 4 members (excludes halogenated alkanes) is 1. The van der Waals surface area contributed by atoms with Crippen LogP contribution in [0, 0.1) is 0 Å². The van der Waals surface area contributed by atoms with Crippen LogP contribution in [0.1, 0.15) is 32.3 Å². The fraction of sp³-hybridized carbons (Fsp3) is 0.571. The lowest BCUT2D eigenvalue weighted by Crippen LogP contribution is -2.18. The van der Waals surface area contributed by atoms with Crippen molar-refractivity contribution in [1.82, 2.24) is 0 Å². The first-order valence-electron chi connectivity index (χ1n) is 6.11. The van der Waals surface area contributed by atoms with E-state index in [2.05, 4.69) is 44.0 Å². The fourth-order valence-corrected chi connectivity index (χ4v) is 1.79. The molecule has 90 valence electrons. The van der Waals surface area contributed by atoms with E-state index in [1.54, 1.807) is 7.11 Å². The van der Waals surface area contributed by atoms with Gasteiger partial charge in [0.05, 0.1) is 7.11 Å². The highest BCUT2D eigenvalue weighted by atomic mass is 16.5. The minimum absolute atomic E-state index is 1.00. The molecular formula is C14H23NO. The summed E-state index contributed by atoms with van der Waals surface area (Å²) in [6.07, 6.45) is 3.48. The van der Waals surface area contributed by atoms with Gasteiger partial charge in [-0.3, -0.25) is 0 Å². The maximum absolute atomic E-state index is 5.40. The number of anilines is 1. The molecule has 0 aliphatic rings. The Morgan fingerprint density at radius 2 is 2.00 bits per heavy atom. The number of ether oxygens (including phenoxy) is 1. The molecule has 0 aromatic heterocycles. The van der Waals surface area contributed by atoms with E-state index in [4.69, 9.17) is 4.74 Å². The van der Waals surface area contributed by atoms with E-state index in [0.717, 1.165) is 18.7 Å². The van der Waals surface area contributed by atoms with Crippen molar-refractivity contribution >= 4 is 5.69 Å². The molecule has 1 aromatic carbocycles. The van der Waals surface area contributed by atoms with Crippen LogP contribution >= 0.6 is 0 Å². The highest BCUT2D eigenvalue weighted by Crippen LogP contribution is 2.25. The van der Waals surface area contributed by atoms with E-state index >= 15 is 0 Å². The van der Waals surface area contributed by atoms with Crippen LogP contribution in [0.15, 0.2) is 18.2 Å². The van der Waals surface area contributed by atoms with Crippen LogP contribution in [-0.4, -0.2) is 20.7 Å². The van der Waals surface area contributed by atoms with Gasteiger partial charge in [0.25, 0.3) is 0 Å². The van der Waals surface area contributed by atoms with Crippen molar-refractivity contribution in [3.05, 3.63) is 23.8 Å². The Labute approximate surface area is 99.2 Å². The molecule has 0 aliphatic carbocycles. The molecule has 0 radical (unpaired) electrons. The minimum atomic E-state index is 1.00. The average molecular weight is 221 g/mol. The molecule has 0 amide bonds. The molecule has 0 saturated carbocycles. The highest BCUT2D eigenvalue weighted by molar-refractivity contribution is 5.53. The van der Waals surface area contributed by atoms with Crippen molar-refractivity contribution in [1.29, 1.82) is 0 Å². The van der Waals surface area contributed by atoms with Gasteiger partial charge >= 0.3 is 0 Å². The van der Waals surface area contributed by atoms with Crippen LogP contribution in [0.5, 0.6) is 5.75 Å². The summed E-state index contributed by atoms with van der Waals surface area (Å²) in [5.41, 5.74) is 2.51. The zero-order chi connectivity index (χ0) is 12.0. The third-order valence-corrected chi connectivity index (χ3v) is 2.94. The van der Waals surface area contributed by atoms with Gasteiger partial charge in [-0.15, -0.1) is 0 Å². The maximum atomic E-state index is 5.40. The molecule has 0 spiro atoms. The van der Waals surface area contributed by atoms with E-state index in [-0.39, 0.29) is 0 Å². The first-order valence-corrected chi connectivity index (χ1v) is 6.11. The van der Waals surface area contributed by atoms with Crippen molar-refractivity contribution in [2.45, 2.75) is 33.1 Å². The van der Waals surface area contributed by atoms with Crippen LogP contribution in [0.4, 0.5) is 5.69 Å². The van der Waals surface area contributed by atoms with Crippen molar-refractivity contribution in [3.8, 4) is 5.75 Å². The number of methoxy groups -OCH3 is 1. The van der Waals surface area contributed by atoms with Crippen molar-refractivity contribution < 1.29 is 4.74 Å². The summed E-state index contributed by atoms with van der Waals surface area (Å²) in [5.74, 6) is 1.00. The number of hydrogen-bond donors (Lipinski definition) is 0. The zero-order valence-corrected chi connectivity index (χ0v) is 10.9. The van der Waals surface area contributed by atoms with Crippen molar-refractivity contribution in [2.24, 2.45) is 0 Å². The Kier molecular flexibility index (Phi) is 5.17. The molecule has 0 saturated heterocycles. The maximum Gasteiger partial charge on any atom is 0.124 e.